The molecule has 1 saturated heterocycles. The SMILES string of the molecule is CC(C)[C@H](N)C(=O)NCC(=O)N1CCN(C(=O)C(C)(C)c2ccccc2)CC1.Cl. The predicted molar refractivity (Wildman–Crippen MR) is 116 cm³/mol. The molecule has 1 aliphatic heterocycles. The minimum Gasteiger partial charge on any atom is -0.346 e. The van der Waals surface area contributed by atoms with Crippen LogP contribution in [0.15, 0.2) is 30.3 Å². The van der Waals surface area contributed by atoms with Crippen LogP contribution in [0.1, 0.15) is 33.3 Å². The maximum Gasteiger partial charge on any atom is 0.242 e. The van der Waals surface area contributed by atoms with Crippen LogP contribution in [-0.4, -0.2) is 66.3 Å². The van der Waals surface area contributed by atoms with E-state index in [-0.39, 0.29) is 42.6 Å². The molecule has 0 bridgehead atoms. The van der Waals surface area contributed by atoms with Crippen molar-refractivity contribution in [3.63, 3.8) is 0 Å². The maximum absolute atomic E-state index is 13.0. The van der Waals surface area contributed by atoms with Gasteiger partial charge in [0.2, 0.25) is 17.7 Å². The molecule has 1 aromatic carbocycles. The van der Waals surface area contributed by atoms with Gasteiger partial charge >= 0.3 is 0 Å². The van der Waals surface area contributed by atoms with Gasteiger partial charge in [-0.2, -0.15) is 0 Å². The van der Waals surface area contributed by atoms with Crippen molar-refractivity contribution >= 4 is 30.1 Å². The highest BCUT2D eigenvalue weighted by atomic mass is 35.5. The third-order valence-corrected chi connectivity index (χ3v) is 5.38. The third kappa shape index (κ3) is 6.18. The van der Waals surface area contributed by atoms with Crippen molar-refractivity contribution in [2.45, 2.75) is 39.2 Å². The Labute approximate surface area is 179 Å². The lowest BCUT2D eigenvalue weighted by atomic mass is 9.83. The monoisotopic (exact) mass is 424 g/mol. The molecule has 1 heterocycles. The average Bonchev–Trinajstić information content (AvgIpc) is 2.71. The Balaban J connectivity index is 0.00000420. The minimum absolute atomic E-state index is 0. The Hall–Kier alpha value is -2.12. The van der Waals surface area contributed by atoms with E-state index in [1.54, 1.807) is 4.90 Å². The molecule has 8 heteroatoms. The zero-order valence-corrected chi connectivity index (χ0v) is 18.5. The number of amides is 3. The number of halogens is 1. The van der Waals surface area contributed by atoms with E-state index in [1.165, 1.54) is 0 Å². The van der Waals surface area contributed by atoms with Crippen LogP contribution in [0, 0.1) is 5.92 Å². The van der Waals surface area contributed by atoms with E-state index in [1.807, 2.05) is 62.9 Å². The number of piperazine rings is 1. The van der Waals surface area contributed by atoms with Gasteiger partial charge < -0.3 is 20.9 Å². The summed E-state index contributed by atoms with van der Waals surface area (Å²) in [5, 5.41) is 2.60. The highest BCUT2D eigenvalue weighted by Crippen LogP contribution is 2.26. The molecule has 0 saturated carbocycles. The highest BCUT2D eigenvalue weighted by molar-refractivity contribution is 5.89. The number of carbonyl (C=O) groups excluding carboxylic acids is 3. The molecule has 0 unspecified atom stereocenters. The molecule has 0 spiro atoms. The quantitative estimate of drug-likeness (QED) is 0.716. The van der Waals surface area contributed by atoms with Crippen molar-refractivity contribution < 1.29 is 14.4 Å². The molecule has 3 amide bonds. The molecule has 7 nitrogen and oxygen atoms in total. The van der Waals surface area contributed by atoms with E-state index < -0.39 is 11.5 Å². The molecule has 0 aromatic heterocycles. The molecule has 162 valence electrons. The molecule has 2 rings (SSSR count). The number of hydrogen-bond acceptors (Lipinski definition) is 4. The summed E-state index contributed by atoms with van der Waals surface area (Å²) in [7, 11) is 0. The second-order valence-electron chi connectivity index (χ2n) is 8.15. The Kier molecular flexibility index (Phi) is 9.11. The van der Waals surface area contributed by atoms with Crippen LogP contribution in [0.25, 0.3) is 0 Å². The average molecular weight is 425 g/mol. The van der Waals surface area contributed by atoms with Gasteiger partial charge in [-0.15, -0.1) is 12.4 Å². The number of nitrogens with two attached hydrogens (primary N) is 1. The maximum atomic E-state index is 13.0. The molecule has 29 heavy (non-hydrogen) atoms. The van der Waals surface area contributed by atoms with Crippen LogP contribution in [0.4, 0.5) is 0 Å². The summed E-state index contributed by atoms with van der Waals surface area (Å²) in [6.07, 6.45) is 0. The van der Waals surface area contributed by atoms with E-state index in [2.05, 4.69) is 5.32 Å². The zero-order valence-electron chi connectivity index (χ0n) is 17.7. The number of rotatable bonds is 6. The van der Waals surface area contributed by atoms with E-state index in [0.29, 0.717) is 26.2 Å². The van der Waals surface area contributed by atoms with Crippen LogP contribution in [0.5, 0.6) is 0 Å². The summed E-state index contributed by atoms with van der Waals surface area (Å²) >= 11 is 0. The second-order valence-corrected chi connectivity index (χ2v) is 8.15. The number of nitrogens with one attached hydrogen (secondary N) is 1. The van der Waals surface area contributed by atoms with E-state index >= 15 is 0 Å². The zero-order chi connectivity index (χ0) is 20.9. The fraction of sp³-hybridized carbons (Fsp3) is 0.571. The molecule has 0 aliphatic carbocycles. The van der Waals surface area contributed by atoms with Crippen LogP contribution in [0.3, 0.4) is 0 Å². The van der Waals surface area contributed by atoms with E-state index in [4.69, 9.17) is 5.73 Å². The molecular weight excluding hydrogens is 392 g/mol. The topological polar surface area (TPSA) is 95.7 Å². The Morgan fingerprint density at radius 2 is 1.55 bits per heavy atom. The Morgan fingerprint density at radius 3 is 2.07 bits per heavy atom. The number of hydrogen-bond donors (Lipinski definition) is 2. The Bertz CT molecular complexity index is 701. The fourth-order valence-corrected chi connectivity index (χ4v) is 3.23. The first-order chi connectivity index (χ1) is 13.1. The van der Waals surface area contributed by atoms with Gasteiger partial charge in [0, 0.05) is 26.2 Å². The fourth-order valence-electron chi connectivity index (χ4n) is 3.23. The minimum atomic E-state index is -0.623. The summed E-state index contributed by atoms with van der Waals surface area (Å²) < 4.78 is 0. The van der Waals surface area contributed by atoms with Crippen molar-refractivity contribution in [2.75, 3.05) is 32.7 Å². The largest absolute Gasteiger partial charge is 0.346 e. The standard InChI is InChI=1S/C21H32N4O3.ClH/c1-15(2)18(22)19(27)23-14-17(26)24-10-12-25(13-11-24)20(28)21(3,4)16-8-6-5-7-9-16;/h5-9,15,18H,10-14,22H2,1-4H3,(H,23,27);1H/t18-;/m0./s1. The highest BCUT2D eigenvalue weighted by Gasteiger charge is 2.35. The van der Waals surface area contributed by atoms with Crippen molar-refractivity contribution in [1.82, 2.24) is 15.1 Å². The lowest BCUT2D eigenvalue weighted by Crippen LogP contribution is -2.56. The molecular formula is C21H33ClN4O3. The van der Waals surface area contributed by atoms with Gasteiger partial charge in [-0.25, -0.2) is 0 Å². The van der Waals surface area contributed by atoms with Gasteiger partial charge in [-0.1, -0.05) is 44.2 Å². The summed E-state index contributed by atoms with van der Waals surface area (Å²) in [4.78, 5) is 40.7. The molecule has 3 N–H and O–H groups in total. The lowest BCUT2D eigenvalue weighted by molar-refractivity contribution is -0.142. The first-order valence-corrected chi connectivity index (χ1v) is 9.80. The van der Waals surface area contributed by atoms with Gasteiger partial charge in [0.1, 0.15) is 0 Å². The summed E-state index contributed by atoms with van der Waals surface area (Å²) in [5.74, 6) is -0.403. The summed E-state index contributed by atoms with van der Waals surface area (Å²) in [6, 6.07) is 9.09. The summed E-state index contributed by atoms with van der Waals surface area (Å²) in [6.45, 7) is 9.40. The van der Waals surface area contributed by atoms with Gasteiger partial charge in [-0.05, 0) is 25.3 Å². The number of benzene rings is 1. The number of carbonyl (C=O) groups is 3. The van der Waals surface area contributed by atoms with Crippen molar-refractivity contribution in [2.24, 2.45) is 11.7 Å². The van der Waals surface area contributed by atoms with E-state index in [0.717, 1.165) is 5.56 Å². The molecule has 1 aromatic rings. The smallest absolute Gasteiger partial charge is 0.242 e. The summed E-state index contributed by atoms with van der Waals surface area (Å²) in [5.41, 5.74) is 6.14. The van der Waals surface area contributed by atoms with Gasteiger partial charge in [0.25, 0.3) is 0 Å². The van der Waals surface area contributed by atoms with Crippen LogP contribution >= 0.6 is 12.4 Å². The second kappa shape index (κ2) is 10.6. The lowest BCUT2D eigenvalue weighted by Gasteiger charge is -2.38. The first-order valence-electron chi connectivity index (χ1n) is 9.80. The van der Waals surface area contributed by atoms with Crippen molar-refractivity contribution in [3.8, 4) is 0 Å². The molecule has 0 radical (unpaired) electrons. The molecule has 1 atom stereocenters. The Morgan fingerprint density at radius 1 is 1.03 bits per heavy atom. The van der Waals surface area contributed by atoms with Crippen LogP contribution in [0.2, 0.25) is 0 Å². The van der Waals surface area contributed by atoms with E-state index in [9.17, 15) is 14.4 Å². The molecule has 1 fully saturated rings. The molecule has 1 aliphatic rings. The third-order valence-electron chi connectivity index (χ3n) is 5.38. The number of nitrogens with zero attached hydrogens (tertiary/aromatic N) is 2. The van der Waals surface area contributed by atoms with Gasteiger partial charge in [0.05, 0.1) is 18.0 Å². The predicted octanol–water partition coefficient (Wildman–Crippen LogP) is 1.16. The van der Waals surface area contributed by atoms with Gasteiger partial charge in [-0.3, -0.25) is 14.4 Å². The van der Waals surface area contributed by atoms with Crippen LogP contribution < -0.4 is 11.1 Å². The van der Waals surface area contributed by atoms with Crippen LogP contribution in [-0.2, 0) is 19.8 Å². The van der Waals surface area contributed by atoms with Crippen molar-refractivity contribution in [3.05, 3.63) is 35.9 Å². The van der Waals surface area contributed by atoms with Gasteiger partial charge in [0.15, 0.2) is 0 Å². The first kappa shape index (κ1) is 24.9. The van der Waals surface area contributed by atoms with Crippen molar-refractivity contribution in [1.29, 1.82) is 0 Å². The normalized spacial score (nSPS) is 15.5.